The number of aromatic nitrogens is 2. The summed E-state index contributed by atoms with van der Waals surface area (Å²) in [5, 5.41) is 2.96. The van der Waals surface area contributed by atoms with Crippen LogP contribution in [0, 0.1) is 17.2 Å². The normalized spacial score (nSPS) is 28.8. The zero-order valence-corrected chi connectivity index (χ0v) is 17.4. The third kappa shape index (κ3) is 2.24. The van der Waals surface area contributed by atoms with Crippen molar-refractivity contribution in [1.29, 1.82) is 0 Å². The Kier molecular flexibility index (Phi) is 3.62. The third-order valence-electron chi connectivity index (χ3n) is 7.20. The van der Waals surface area contributed by atoms with Gasteiger partial charge in [-0.05, 0) is 29.8 Å². The van der Waals surface area contributed by atoms with E-state index in [9.17, 15) is 14.0 Å². The van der Waals surface area contributed by atoms with Gasteiger partial charge in [-0.1, -0.05) is 25.1 Å². The number of pyridine rings is 2. The maximum atomic E-state index is 13.9. The van der Waals surface area contributed by atoms with Gasteiger partial charge in [0.2, 0.25) is 0 Å². The summed E-state index contributed by atoms with van der Waals surface area (Å²) in [6, 6.07) is 12.9. The van der Waals surface area contributed by atoms with Gasteiger partial charge in [0.15, 0.2) is 11.6 Å². The first kappa shape index (κ1) is 18.9. The van der Waals surface area contributed by atoms with Crippen LogP contribution in [-0.4, -0.2) is 34.4 Å². The highest BCUT2D eigenvalue weighted by Gasteiger charge is 2.98. The number of likely N-dealkylation sites (N-methyl/N-ethyl adjacent to an activating group) is 1. The van der Waals surface area contributed by atoms with Crippen LogP contribution in [0.2, 0.25) is 0 Å². The summed E-state index contributed by atoms with van der Waals surface area (Å²) in [6.45, 7) is 2.03. The van der Waals surface area contributed by atoms with E-state index in [1.807, 2.05) is 19.1 Å². The zero-order valence-electron chi connectivity index (χ0n) is 17.4. The van der Waals surface area contributed by atoms with Gasteiger partial charge >= 0.3 is 0 Å². The standard InChI is InChI=1S/C24H19FN4O3/c1-23-18-14-6-5-10-27-20(14)29(2)22(31)24(23,19(18)23)28-21(30)16-12-13(9-11-26-16)32-17-8-4-3-7-15(17)25/h3-12,18-19H,1-2H3,(H,28,30)/t18-,19+,23+,24-/m0/s1. The van der Waals surface area contributed by atoms with Crippen molar-refractivity contribution < 1.29 is 18.7 Å². The van der Waals surface area contributed by atoms with Crippen LogP contribution in [-0.2, 0) is 4.79 Å². The lowest BCUT2D eigenvalue weighted by molar-refractivity contribution is -0.123. The van der Waals surface area contributed by atoms with Crippen molar-refractivity contribution in [3.63, 3.8) is 0 Å². The summed E-state index contributed by atoms with van der Waals surface area (Å²) >= 11 is 0. The summed E-state index contributed by atoms with van der Waals surface area (Å²) in [4.78, 5) is 36.6. The fraction of sp³-hybridized carbons (Fsp3) is 0.250. The second kappa shape index (κ2) is 6.12. The largest absolute Gasteiger partial charge is 0.454 e. The van der Waals surface area contributed by atoms with Crippen LogP contribution in [0.4, 0.5) is 10.2 Å². The molecular formula is C24H19FN4O3. The maximum absolute atomic E-state index is 13.9. The average Bonchev–Trinajstić information content (AvgIpc) is 3.63. The van der Waals surface area contributed by atoms with Crippen LogP contribution in [0.3, 0.4) is 0 Å². The van der Waals surface area contributed by atoms with Crippen LogP contribution >= 0.6 is 0 Å². The number of para-hydroxylation sites is 1. The van der Waals surface area contributed by atoms with Gasteiger partial charge in [-0.25, -0.2) is 9.37 Å². The van der Waals surface area contributed by atoms with Gasteiger partial charge in [-0.15, -0.1) is 0 Å². The number of ether oxygens (including phenoxy) is 1. The van der Waals surface area contributed by atoms with Crippen LogP contribution in [0.1, 0.15) is 28.9 Å². The lowest BCUT2D eigenvalue weighted by Gasteiger charge is -2.29. The van der Waals surface area contributed by atoms with Gasteiger partial charge in [0.05, 0.1) is 0 Å². The number of nitrogens with one attached hydrogen (secondary N) is 1. The number of halogens is 1. The lowest BCUT2D eigenvalue weighted by atomic mass is 9.86. The number of amides is 2. The van der Waals surface area contributed by atoms with Crippen LogP contribution in [0.15, 0.2) is 60.9 Å². The lowest BCUT2D eigenvalue weighted by Crippen LogP contribution is -2.56. The quantitative estimate of drug-likeness (QED) is 0.687. The van der Waals surface area contributed by atoms with Crippen LogP contribution < -0.4 is 15.0 Å². The first-order valence-electron chi connectivity index (χ1n) is 10.3. The van der Waals surface area contributed by atoms with E-state index in [4.69, 9.17) is 4.74 Å². The first-order valence-corrected chi connectivity index (χ1v) is 10.3. The maximum Gasteiger partial charge on any atom is 0.270 e. The molecule has 2 aliphatic carbocycles. The number of hydrogen-bond donors (Lipinski definition) is 1. The molecule has 8 heteroatoms. The summed E-state index contributed by atoms with van der Waals surface area (Å²) in [5.74, 6) is 0.0191. The smallest absolute Gasteiger partial charge is 0.270 e. The molecule has 0 saturated heterocycles. The highest BCUT2D eigenvalue weighted by atomic mass is 19.1. The fourth-order valence-corrected chi connectivity index (χ4v) is 5.51. The van der Waals surface area contributed by atoms with Crippen molar-refractivity contribution in [3.8, 4) is 11.5 Å². The molecule has 160 valence electrons. The van der Waals surface area contributed by atoms with Crippen molar-refractivity contribution in [2.75, 3.05) is 11.9 Å². The molecule has 7 rings (SSSR count). The Morgan fingerprint density at radius 1 is 1.16 bits per heavy atom. The van der Waals surface area contributed by atoms with E-state index in [0.717, 1.165) is 5.56 Å². The van der Waals surface area contributed by atoms with Gasteiger partial charge in [0.25, 0.3) is 11.8 Å². The van der Waals surface area contributed by atoms with E-state index in [2.05, 4.69) is 15.3 Å². The Morgan fingerprint density at radius 3 is 2.72 bits per heavy atom. The second-order valence-electron chi connectivity index (χ2n) is 8.69. The van der Waals surface area contributed by atoms with Crippen molar-refractivity contribution in [2.45, 2.75) is 18.4 Å². The predicted molar refractivity (Wildman–Crippen MR) is 113 cm³/mol. The second-order valence-corrected chi connectivity index (χ2v) is 8.69. The summed E-state index contributed by atoms with van der Waals surface area (Å²) in [6.07, 6.45) is 3.08. The van der Waals surface area contributed by atoms with E-state index < -0.39 is 17.3 Å². The molecule has 2 aliphatic heterocycles. The van der Waals surface area contributed by atoms with Gasteiger partial charge in [0.1, 0.15) is 22.8 Å². The summed E-state index contributed by atoms with van der Waals surface area (Å²) < 4.78 is 19.5. The number of anilines is 1. The van der Waals surface area contributed by atoms with E-state index in [1.165, 1.54) is 29.3 Å². The molecule has 1 N–H and O–H groups in total. The molecule has 4 aliphatic rings. The zero-order chi connectivity index (χ0) is 22.3. The minimum absolute atomic E-state index is 0.0252. The SMILES string of the molecule is CN1C(=O)[C@@]2(NC(=O)c3cc(Oc4ccccc4F)ccn3)[C@@H]3[C@H](c4cccnc41)[C@]32C. The molecule has 2 bridgehead atoms. The Bertz CT molecular complexity index is 1310. The fourth-order valence-electron chi connectivity index (χ4n) is 5.51. The number of benzene rings is 1. The van der Waals surface area contributed by atoms with E-state index in [1.54, 1.807) is 31.4 Å². The van der Waals surface area contributed by atoms with Crippen molar-refractivity contribution in [1.82, 2.24) is 15.3 Å². The number of rotatable bonds is 4. The molecule has 7 nitrogen and oxygen atoms in total. The molecule has 2 amide bonds. The molecule has 32 heavy (non-hydrogen) atoms. The monoisotopic (exact) mass is 430 g/mol. The molecular weight excluding hydrogens is 411 g/mol. The van der Waals surface area contributed by atoms with Gasteiger partial charge < -0.3 is 10.1 Å². The molecule has 3 aromatic rings. The molecule has 4 atom stereocenters. The summed E-state index contributed by atoms with van der Waals surface area (Å²) in [7, 11) is 1.69. The predicted octanol–water partition coefficient (Wildman–Crippen LogP) is 3.29. The minimum atomic E-state index is -0.978. The Hall–Kier alpha value is -3.81. The van der Waals surface area contributed by atoms with Crippen LogP contribution in [0.25, 0.3) is 0 Å². The van der Waals surface area contributed by atoms with Gasteiger partial charge in [-0.2, -0.15) is 0 Å². The molecule has 2 aromatic heterocycles. The number of carbonyl (C=O) groups is 2. The number of fused-ring (bicyclic) bond motifs is 1. The highest BCUT2D eigenvalue weighted by molar-refractivity contribution is 6.11. The molecule has 1 aromatic carbocycles. The van der Waals surface area contributed by atoms with Gasteiger partial charge in [-0.3, -0.25) is 19.5 Å². The van der Waals surface area contributed by atoms with Crippen molar-refractivity contribution >= 4 is 17.6 Å². The van der Waals surface area contributed by atoms with Gasteiger partial charge in [0, 0.05) is 42.8 Å². The Labute approximate surface area is 183 Å². The molecule has 2 saturated carbocycles. The van der Waals surface area contributed by atoms with Crippen molar-refractivity contribution in [3.05, 3.63) is 78.0 Å². The molecule has 4 heterocycles. The number of hydrogen-bond acceptors (Lipinski definition) is 5. The summed E-state index contributed by atoms with van der Waals surface area (Å²) in [5.41, 5.74) is -0.190. The van der Waals surface area contributed by atoms with Crippen molar-refractivity contribution in [2.24, 2.45) is 11.3 Å². The van der Waals surface area contributed by atoms with E-state index >= 15 is 0 Å². The Morgan fingerprint density at radius 2 is 1.94 bits per heavy atom. The molecule has 0 unspecified atom stereocenters. The number of nitrogens with zero attached hydrogens (tertiary/aromatic N) is 3. The van der Waals surface area contributed by atoms with Crippen LogP contribution in [0.5, 0.6) is 11.5 Å². The van der Waals surface area contributed by atoms with E-state index in [0.29, 0.717) is 5.82 Å². The topological polar surface area (TPSA) is 84.4 Å². The first-order chi connectivity index (χ1) is 15.4. The minimum Gasteiger partial charge on any atom is -0.454 e. The molecule has 2 fully saturated rings. The highest BCUT2D eigenvalue weighted by Crippen LogP contribution is 2.91. The molecule has 0 radical (unpaired) electrons. The Balaban J connectivity index is 1.27. The third-order valence-corrected chi connectivity index (χ3v) is 7.20. The van der Waals surface area contributed by atoms with E-state index in [-0.39, 0.29) is 40.4 Å². The molecule has 0 spiro atoms. The number of carbonyl (C=O) groups excluding carboxylic acids is 2. The average molecular weight is 430 g/mol.